The van der Waals surface area contributed by atoms with Gasteiger partial charge in [0.15, 0.2) is 0 Å². The van der Waals surface area contributed by atoms with Crippen molar-refractivity contribution in [1.82, 2.24) is 15.3 Å². The van der Waals surface area contributed by atoms with E-state index in [0.717, 1.165) is 51.6 Å². The maximum Gasteiger partial charge on any atom is 0.138 e. The van der Waals surface area contributed by atoms with Crippen LogP contribution in [0.5, 0.6) is 0 Å². The van der Waals surface area contributed by atoms with Crippen molar-refractivity contribution in [3.63, 3.8) is 0 Å². The van der Waals surface area contributed by atoms with Crippen LogP contribution in [0.4, 0.5) is 0 Å². The monoisotopic (exact) mass is 357 g/mol. The molecule has 1 saturated carbocycles. The Morgan fingerprint density at radius 3 is 2.81 bits per heavy atom. The van der Waals surface area contributed by atoms with Crippen molar-refractivity contribution < 1.29 is 5.11 Å². The molecule has 4 aromatic rings. The van der Waals surface area contributed by atoms with E-state index < -0.39 is 6.23 Å². The predicted octanol–water partition coefficient (Wildman–Crippen LogP) is 4.74. The second-order valence-corrected chi connectivity index (χ2v) is 7.68. The van der Waals surface area contributed by atoms with Crippen LogP contribution in [-0.2, 0) is 0 Å². The van der Waals surface area contributed by atoms with Gasteiger partial charge in [0.1, 0.15) is 11.9 Å². The number of aromatic nitrogens is 2. The number of hydrogen-bond acceptors (Lipinski definition) is 3. The van der Waals surface area contributed by atoms with E-state index in [1.54, 1.807) is 0 Å². The number of pyridine rings is 1. The first-order chi connectivity index (χ1) is 13.1. The first-order valence-corrected chi connectivity index (χ1v) is 9.52. The lowest BCUT2D eigenvalue weighted by Gasteiger charge is -2.14. The number of aliphatic hydroxyl groups is 1. The molecular formula is C23H23N3O. The van der Waals surface area contributed by atoms with E-state index in [1.165, 1.54) is 10.9 Å². The average Bonchev–Trinajstić information content (AvgIpc) is 3.40. The molecule has 5 rings (SSSR count). The molecule has 1 aliphatic rings. The number of H-pyrrole nitrogens is 1. The molecule has 136 valence electrons. The van der Waals surface area contributed by atoms with Crippen molar-refractivity contribution in [2.24, 2.45) is 0 Å². The number of nitrogens with zero attached hydrogens (tertiary/aromatic N) is 1. The molecular weight excluding hydrogens is 334 g/mol. The maximum absolute atomic E-state index is 10.5. The number of rotatable bonds is 4. The summed E-state index contributed by atoms with van der Waals surface area (Å²) in [6, 6.07) is 15.2. The van der Waals surface area contributed by atoms with Gasteiger partial charge >= 0.3 is 0 Å². The molecule has 1 atom stereocenters. The minimum Gasteiger partial charge on any atom is -0.374 e. The molecule has 27 heavy (non-hydrogen) atoms. The van der Waals surface area contributed by atoms with Crippen LogP contribution in [-0.4, -0.2) is 21.1 Å². The van der Waals surface area contributed by atoms with Crippen LogP contribution in [0.1, 0.15) is 35.8 Å². The number of aryl methyl sites for hydroxylation is 2. The Balaban J connectivity index is 1.69. The van der Waals surface area contributed by atoms with Gasteiger partial charge in [-0.3, -0.25) is 5.32 Å². The molecule has 0 amide bonds. The summed E-state index contributed by atoms with van der Waals surface area (Å²) in [7, 11) is 0. The molecule has 0 spiro atoms. The van der Waals surface area contributed by atoms with Gasteiger partial charge in [-0.2, -0.15) is 0 Å². The summed E-state index contributed by atoms with van der Waals surface area (Å²) in [6.07, 6.45) is 3.58. The summed E-state index contributed by atoms with van der Waals surface area (Å²) >= 11 is 0. The molecule has 2 aromatic heterocycles. The highest BCUT2D eigenvalue weighted by Gasteiger charge is 2.24. The van der Waals surface area contributed by atoms with Gasteiger partial charge in [0.05, 0.1) is 5.52 Å². The molecule has 1 aliphatic carbocycles. The summed E-state index contributed by atoms with van der Waals surface area (Å²) < 4.78 is 0. The molecule has 2 heterocycles. The third-order valence-electron chi connectivity index (χ3n) is 5.44. The number of fused-ring (bicyclic) bond motifs is 3. The Kier molecular flexibility index (Phi) is 3.78. The van der Waals surface area contributed by atoms with E-state index in [0.29, 0.717) is 6.04 Å². The molecule has 4 nitrogen and oxygen atoms in total. The molecule has 2 aromatic carbocycles. The number of hydrogen-bond donors (Lipinski definition) is 3. The van der Waals surface area contributed by atoms with Gasteiger partial charge in [-0.1, -0.05) is 30.3 Å². The van der Waals surface area contributed by atoms with Crippen LogP contribution in [0.25, 0.3) is 33.1 Å². The summed E-state index contributed by atoms with van der Waals surface area (Å²) in [5, 5.41) is 16.1. The van der Waals surface area contributed by atoms with Crippen LogP contribution >= 0.6 is 0 Å². The first-order valence-electron chi connectivity index (χ1n) is 9.52. The van der Waals surface area contributed by atoms with Crippen LogP contribution in [0.2, 0.25) is 0 Å². The zero-order valence-corrected chi connectivity index (χ0v) is 15.6. The third kappa shape index (κ3) is 2.91. The Labute approximate surface area is 158 Å². The van der Waals surface area contributed by atoms with Crippen LogP contribution < -0.4 is 5.32 Å². The van der Waals surface area contributed by atoms with E-state index in [4.69, 9.17) is 0 Å². The standard InChI is InChI=1S/C23H23N3O/c1-13-10-19-20-18(9-6-14(2)21(20)26-22(19)24-12-13)15-4-3-5-16(11-15)23(27)25-17-7-8-17/h3-6,9-12,17,23,25,27H,7-8H2,1-2H3,(H,24,26). The zero-order valence-electron chi connectivity index (χ0n) is 15.6. The SMILES string of the molecule is Cc1cnc2[nH]c3c(C)ccc(-c4cccc(C(O)NC5CC5)c4)c3c2c1. The van der Waals surface area contributed by atoms with Crippen molar-refractivity contribution >= 4 is 21.9 Å². The quantitative estimate of drug-likeness (QED) is 0.462. The fourth-order valence-electron chi connectivity index (χ4n) is 3.81. The Bertz CT molecular complexity index is 1160. The Hall–Kier alpha value is -2.69. The van der Waals surface area contributed by atoms with Crippen molar-refractivity contribution in [1.29, 1.82) is 0 Å². The van der Waals surface area contributed by atoms with E-state index in [2.05, 4.69) is 59.5 Å². The highest BCUT2D eigenvalue weighted by Crippen LogP contribution is 2.36. The average molecular weight is 357 g/mol. The Morgan fingerprint density at radius 1 is 1.15 bits per heavy atom. The molecule has 0 saturated heterocycles. The lowest BCUT2D eigenvalue weighted by atomic mass is 9.96. The maximum atomic E-state index is 10.5. The Morgan fingerprint density at radius 2 is 2.00 bits per heavy atom. The number of aromatic amines is 1. The molecule has 0 bridgehead atoms. The molecule has 0 radical (unpaired) electrons. The number of nitrogens with one attached hydrogen (secondary N) is 2. The van der Waals surface area contributed by atoms with E-state index in [-0.39, 0.29) is 0 Å². The van der Waals surface area contributed by atoms with Gasteiger partial charge in [0.2, 0.25) is 0 Å². The lowest BCUT2D eigenvalue weighted by Crippen LogP contribution is -2.22. The van der Waals surface area contributed by atoms with E-state index in [1.807, 2.05) is 18.3 Å². The first kappa shape index (κ1) is 16.5. The normalized spacial score (nSPS) is 15.5. The highest BCUT2D eigenvalue weighted by molar-refractivity contribution is 6.14. The topological polar surface area (TPSA) is 60.9 Å². The van der Waals surface area contributed by atoms with Crippen molar-refractivity contribution in [3.8, 4) is 11.1 Å². The van der Waals surface area contributed by atoms with Crippen molar-refractivity contribution in [2.75, 3.05) is 0 Å². The summed E-state index contributed by atoms with van der Waals surface area (Å²) in [5.74, 6) is 0. The van der Waals surface area contributed by atoms with E-state index >= 15 is 0 Å². The van der Waals surface area contributed by atoms with Crippen LogP contribution in [0, 0.1) is 13.8 Å². The highest BCUT2D eigenvalue weighted by atomic mass is 16.3. The lowest BCUT2D eigenvalue weighted by molar-refractivity contribution is 0.137. The third-order valence-corrected chi connectivity index (χ3v) is 5.44. The largest absolute Gasteiger partial charge is 0.374 e. The fourth-order valence-corrected chi connectivity index (χ4v) is 3.81. The van der Waals surface area contributed by atoms with Gasteiger partial charge in [-0.25, -0.2) is 4.98 Å². The fraction of sp³-hybridized carbons (Fsp3) is 0.261. The zero-order chi connectivity index (χ0) is 18.5. The van der Waals surface area contributed by atoms with Crippen molar-refractivity contribution in [2.45, 2.75) is 39.0 Å². The summed E-state index contributed by atoms with van der Waals surface area (Å²) in [6.45, 7) is 4.19. The molecule has 4 heteroatoms. The second-order valence-electron chi connectivity index (χ2n) is 7.68. The van der Waals surface area contributed by atoms with Crippen molar-refractivity contribution in [3.05, 3.63) is 65.4 Å². The minimum atomic E-state index is -0.620. The number of aliphatic hydroxyl groups excluding tert-OH is 1. The molecule has 1 fully saturated rings. The smallest absolute Gasteiger partial charge is 0.138 e. The number of benzene rings is 2. The van der Waals surface area contributed by atoms with Gasteiger partial charge in [0.25, 0.3) is 0 Å². The van der Waals surface area contributed by atoms with Crippen LogP contribution in [0.3, 0.4) is 0 Å². The van der Waals surface area contributed by atoms with Gasteiger partial charge < -0.3 is 10.1 Å². The molecule has 3 N–H and O–H groups in total. The minimum absolute atomic E-state index is 0.456. The van der Waals surface area contributed by atoms with Gasteiger partial charge in [-0.05, 0) is 66.6 Å². The van der Waals surface area contributed by atoms with Gasteiger partial charge in [-0.15, -0.1) is 0 Å². The summed E-state index contributed by atoms with van der Waals surface area (Å²) in [5.41, 5.74) is 7.57. The predicted molar refractivity (Wildman–Crippen MR) is 110 cm³/mol. The van der Waals surface area contributed by atoms with Gasteiger partial charge in [0, 0.05) is 23.0 Å². The summed E-state index contributed by atoms with van der Waals surface area (Å²) in [4.78, 5) is 8.06. The van der Waals surface area contributed by atoms with E-state index in [9.17, 15) is 5.11 Å². The molecule has 1 unspecified atom stereocenters. The second kappa shape index (κ2) is 6.19. The van der Waals surface area contributed by atoms with Crippen LogP contribution in [0.15, 0.2) is 48.7 Å². The molecule has 0 aliphatic heterocycles.